The second-order valence-corrected chi connectivity index (χ2v) is 10.1. The molecule has 0 radical (unpaired) electrons. The summed E-state index contributed by atoms with van der Waals surface area (Å²) in [6.45, 7) is 2.15. The smallest absolute Gasteiger partial charge is 0.293 e. The van der Waals surface area contributed by atoms with E-state index in [1.165, 1.54) is 23.5 Å². The number of aryl methyl sites for hydroxylation is 1. The third-order valence-electron chi connectivity index (χ3n) is 4.66. The van der Waals surface area contributed by atoms with E-state index in [1.807, 2.05) is 24.3 Å². The Morgan fingerprint density at radius 2 is 1.88 bits per heavy atom. The lowest BCUT2D eigenvalue weighted by molar-refractivity contribution is -0.384. The van der Waals surface area contributed by atoms with Crippen molar-refractivity contribution >= 4 is 38.5 Å². The van der Waals surface area contributed by atoms with Gasteiger partial charge in [0.2, 0.25) is 0 Å². The van der Waals surface area contributed by atoms with E-state index in [2.05, 4.69) is 15.6 Å². The molecule has 0 atom stereocenters. The predicted octanol–water partition coefficient (Wildman–Crippen LogP) is 3.28. The predicted molar refractivity (Wildman–Crippen MR) is 126 cm³/mol. The fraction of sp³-hybridized carbons (Fsp3) is 0.238. The van der Waals surface area contributed by atoms with Gasteiger partial charge in [0.25, 0.3) is 11.6 Å². The molecule has 0 fully saturated rings. The molecule has 10 nitrogen and oxygen atoms in total. The second kappa shape index (κ2) is 9.96. The summed E-state index contributed by atoms with van der Waals surface area (Å²) in [5.41, 5.74) is 1.28. The number of anilines is 1. The van der Waals surface area contributed by atoms with Gasteiger partial charge >= 0.3 is 0 Å². The van der Waals surface area contributed by atoms with Gasteiger partial charge in [0.05, 0.1) is 22.6 Å². The summed E-state index contributed by atoms with van der Waals surface area (Å²) in [4.78, 5) is 28.0. The molecule has 0 saturated heterocycles. The summed E-state index contributed by atoms with van der Waals surface area (Å²) in [5, 5.41) is 17.6. The lowest BCUT2D eigenvalue weighted by Gasteiger charge is -2.09. The topological polar surface area (TPSA) is 141 Å². The van der Waals surface area contributed by atoms with Crippen LogP contribution in [-0.2, 0) is 9.84 Å². The van der Waals surface area contributed by atoms with Crippen LogP contribution >= 0.6 is 11.3 Å². The number of nitro groups is 1. The maximum atomic E-state index is 12.6. The highest BCUT2D eigenvalue weighted by atomic mass is 32.2. The Kier molecular flexibility index (Phi) is 7.29. The molecule has 1 heterocycles. The van der Waals surface area contributed by atoms with Crippen LogP contribution < -0.4 is 15.4 Å². The molecular weight excluding hydrogens is 468 g/mol. The molecule has 3 rings (SSSR count). The van der Waals surface area contributed by atoms with Crippen molar-refractivity contribution in [1.82, 2.24) is 10.3 Å². The fourth-order valence-electron chi connectivity index (χ4n) is 2.96. The number of nitrogens with zero attached hydrogens (tertiary/aromatic N) is 2. The first-order valence-electron chi connectivity index (χ1n) is 9.72. The zero-order valence-corrected chi connectivity index (χ0v) is 19.7. The van der Waals surface area contributed by atoms with Crippen LogP contribution in [0.4, 0.5) is 11.4 Å². The van der Waals surface area contributed by atoms with Gasteiger partial charge in [0.1, 0.15) is 21.3 Å². The van der Waals surface area contributed by atoms with Gasteiger partial charge in [-0.15, -0.1) is 11.3 Å². The molecule has 0 unspecified atom stereocenters. The minimum absolute atomic E-state index is 0.138. The molecule has 33 heavy (non-hydrogen) atoms. The van der Waals surface area contributed by atoms with Crippen LogP contribution in [0, 0.1) is 17.0 Å². The number of amides is 1. The number of nitrogens with one attached hydrogen (secondary N) is 2. The molecule has 0 spiro atoms. The molecule has 0 aliphatic rings. The van der Waals surface area contributed by atoms with E-state index < -0.39 is 14.8 Å². The van der Waals surface area contributed by atoms with Gasteiger partial charge in [-0.3, -0.25) is 14.9 Å². The highest BCUT2D eigenvalue weighted by Crippen LogP contribution is 2.29. The molecule has 1 amide bonds. The first-order chi connectivity index (χ1) is 15.6. The number of carbonyl (C=O) groups excluding carboxylic acids is 1. The van der Waals surface area contributed by atoms with E-state index in [4.69, 9.17) is 4.74 Å². The number of methoxy groups -OCH3 is 1. The number of ether oxygens (including phenoxy) is 1. The summed E-state index contributed by atoms with van der Waals surface area (Å²) in [5.74, 6) is 0.428. The Balaban J connectivity index is 1.62. The Morgan fingerprint density at radius 3 is 2.48 bits per heavy atom. The van der Waals surface area contributed by atoms with E-state index in [1.54, 1.807) is 14.0 Å². The van der Waals surface area contributed by atoms with Gasteiger partial charge in [-0.25, -0.2) is 13.4 Å². The minimum atomic E-state index is -3.57. The highest BCUT2D eigenvalue weighted by Gasteiger charge is 2.19. The number of hydrogen-bond donors (Lipinski definition) is 2. The van der Waals surface area contributed by atoms with Gasteiger partial charge < -0.3 is 15.4 Å². The van der Waals surface area contributed by atoms with Crippen molar-refractivity contribution in [3.8, 4) is 16.3 Å². The number of sulfone groups is 1. The van der Waals surface area contributed by atoms with Gasteiger partial charge in [-0.2, -0.15) is 0 Å². The third-order valence-corrected chi connectivity index (χ3v) is 6.98. The monoisotopic (exact) mass is 490 g/mol. The number of nitro benzene ring substituents is 1. The fourth-order valence-corrected chi connectivity index (χ4v) is 4.59. The average molecular weight is 491 g/mol. The number of rotatable bonds is 9. The second-order valence-electron chi connectivity index (χ2n) is 7.05. The minimum Gasteiger partial charge on any atom is -0.497 e. The zero-order valence-electron chi connectivity index (χ0n) is 18.1. The SMILES string of the molecule is COc1ccc(-c2nc(C)c(C(=O)NCCNc3ccc(S(C)(=O)=O)cc3[N+](=O)[O-])s2)cc1. The van der Waals surface area contributed by atoms with Crippen LogP contribution in [0.3, 0.4) is 0 Å². The summed E-state index contributed by atoms with van der Waals surface area (Å²) >= 11 is 1.27. The van der Waals surface area contributed by atoms with Crippen molar-refractivity contribution < 1.29 is 22.9 Å². The van der Waals surface area contributed by atoms with E-state index in [0.29, 0.717) is 15.6 Å². The van der Waals surface area contributed by atoms with Gasteiger partial charge in [-0.05, 0) is 43.3 Å². The maximum absolute atomic E-state index is 12.6. The standard InChI is InChI=1S/C21H22N4O6S2/c1-13-19(32-21(24-13)14-4-6-15(31-2)7-5-14)20(26)23-11-10-22-17-9-8-16(33(3,29)30)12-18(17)25(27)28/h4-9,12,22H,10-11H2,1-3H3,(H,23,26). The van der Waals surface area contributed by atoms with Crippen LogP contribution in [-0.4, -0.2) is 50.7 Å². The van der Waals surface area contributed by atoms with Crippen molar-refractivity contribution in [3.63, 3.8) is 0 Å². The van der Waals surface area contributed by atoms with E-state index in [0.717, 1.165) is 23.6 Å². The van der Waals surface area contributed by atoms with E-state index in [-0.39, 0.29) is 35.3 Å². The number of benzene rings is 2. The van der Waals surface area contributed by atoms with Crippen LogP contribution in [0.15, 0.2) is 47.4 Å². The van der Waals surface area contributed by atoms with Crippen molar-refractivity contribution in [2.24, 2.45) is 0 Å². The Morgan fingerprint density at radius 1 is 1.18 bits per heavy atom. The molecule has 174 valence electrons. The normalized spacial score (nSPS) is 11.1. The van der Waals surface area contributed by atoms with E-state index in [9.17, 15) is 23.3 Å². The number of hydrogen-bond acceptors (Lipinski definition) is 9. The van der Waals surface area contributed by atoms with Crippen molar-refractivity contribution in [2.75, 3.05) is 31.8 Å². The average Bonchev–Trinajstić information content (AvgIpc) is 3.17. The van der Waals surface area contributed by atoms with Crippen molar-refractivity contribution in [3.05, 3.63) is 63.1 Å². The van der Waals surface area contributed by atoms with Gasteiger partial charge in [-0.1, -0.05) is 0 Å². The Hall–Kier alpha value is -3.51. The van der Waals surface area contributed by atoms with Gasteiger partial charge in [0.15, 0.2) is 9.84 Å². The number of aromatic nitrogens is 1. The Bertz CT molecular complexity index is 1290. The quantitative estimate of drug-likeness (QED) is 0.264. The maximum Gasteiger partial charge on any atom is 0.293 e. The van der Waals surface area contributed by atoms with Crippen LogP contribution in [0.2, 0.25) is 0 Å². The molecule has 1 aromatic heterocycles. The summed E-state index contributed by atoms with van der Waals surface area (Å²) in [6.07, 6.45) is 0.982. The third kappa shape index (κ3) is 5.84. The van der Waals surface area contributed by atoms with Crippen LogP contribution in [0.5, 0.6) is 5.75 Å². The Labute approximate surface area is 194 Å². The molecule has 0 saturated carbocycles. The van der Waals surface area contributed by atoms with Gasteiger partial charge in [0, 0.05) is 31.0 Å². The first-order valence-corrected chi connectivity index (χ1v) is 12.4. The molecule has 12 heteroatoms. The van der Waals surface area contributed by atoms with Crippen molar-refractivity contribution in [1.29, 1.82) is 0 Å². The molecule has 2 N–H and O–H groups in total. The lowest BCUT2D eigenvalue weighted by atomic mass is 10.2. The number of thiazole rings is 1. The number of carbonyl (C=O) groups is 1. The first kappa shape index (κ1) is 24.1. The summed E-state index contributed by atoms with van der Waals surface area (Å²) in [7, 11) is -1.98. The summed E-state index contributed by atoms with van der Waals surface area (Å²) in [6, 6.07) is 11.0. The highest BCUT2D eigenvalue weighted by molar-refractivity contribution is 7.90. The molecule has 0 aliphatic carbocycles. The molecule has 0 bridgehead atoms. The summed E-state index contributed by atoms with van der Waals surface area (Å²) < 4.78 is 28.4. The lowest BCUT2D eigenvalue weighted by Crippen LogP contribution is -2.28. The largest absolute Gasteiger partial charge is 0.497 e. The molecule has 0 aliphatic heterocycles. The zero-order chi connectivity index (χ0) is 24.2. The van der Waals surface area contributed by atoms with Crippen LogP contribution in [0.25, 0.3) is 10.6 Å². The molecule has 3 aromatic rings. The van der Waals surface area contributed by atoms with Crippen LogP contribution in [0.1, 0.15) is 15.4 Å². The molecule has 2 aromatic carbocycles. The van der Waals surface area contributed by atoms with E-state index >= 15 is 0 Å². The van der Waals surface area contributed by atoms with Crippen molar-refractivity contribution in [2.45, 2.75) is 11.8 Å². The molecular formula is C21H22N4O6S2.